The summed E-state index contributed by atoms with van der Waals surface area (Å²) in [5, 5.41) is 20.2. The third kappa shape index (κ3) is 5.10. The Hall–Kier alpha value is -2.33. The summed E-state index contributed by atoms with van der Waals surface area (Å²) in [6, 6.07) is 8.86. The van der Waals surface area contributed by atoms with Crippen LogP contribution in [0.4, 0.5) is 5.69 Å². The molecule has 0 saturated carbocycles. The van der Waals surface area contributed by atoms with E-state index >= 15 is 0 Å². The molecule has 1 atom stereocenters. The van der Waals surface area contributed by atoms with Gasteiger partial charge in [-0.2, -0.15) is 5.26 Å². The molecule has 1 aromatic carbocycles. The number of hydrogen-bond acceptors (Lipinski definition) is 5. The third-order valence-electron chi connectivity index (χ3n) is 3.52. The zero-order chi connectivity index (χ0) is 17.4. The molecule has 0 aliphatic carbocycles. The van der Waals surface area contributed by atoms with Crippen molar-refractivity contribution < 1.29 is 4.79 Å². The molecule has 6 nitrogen and oxygen atoms in total. The standard InChI is InChI=1S/C17H21N5OS/c1-3-4-5-10-22-12-19-21-17(22)24-13(2)16(23)20-15-8-6-14(11-18)7-9-15/h6-9,12-13H,3-5,10H2,1-2H3,(H,20,23)/t13-/m1/s1. The van der Waals surface area contributed by atoms with Crippen LogP contribution in [0.25, 0.3) is 0 Å². The summed E-state index contributed by atoms with van der Waals surface area (Å²) >= 11 is 1.39. The van der Waals surface area contributed by atoms with Gasteiger partial charge in [-0.1, -0.05) is 31.5 Å². The topological polar surface area (TPSA) is 83.6 Å². The maximum Gasteiger partial charge on any atom is 0.237 e. The van der Waals surface area contributed by atoms with E-state index in [2.05, 4.69) is 28.5 Å². The van der Waals surface area contributed by atoms with E-state index in [-0.39, 0.29) is 11.2 Å². The van der Waals surface area contributed by atoms with Gasteiger partial charge in [-0.05, 0) is 37.6 Å². The van der Waals surface area contributed by atoms with Crippen molar-refractivity contribution in [2.45, 2.75) is 50.1 Å². The van der Waals surface area contributed by atoms with E-state index in [9.17, 15) is 4.79 Å². The molecule has 0 saturated heterocycles. The second-order valence-electron chi connectivity index (χ2n) is 5.45. The lowest BCUT2D eigenvalue weighted by Gasteiger charge is -2.12. The maximum atomic E-state index is 12.3. The molecule has 1 N–H and O–H groups in total. The number of rotatable bonds is 8. The summed E-state index contributed by atoms with van der Waals surface area (Å²) in [7, 11) is 0. The number of carbonyl (C=O) groups is 1. The molecule has 0 aliphatic heterocycles. The molecular weight excluding hydrogens is 322 g/mol. The van der Waals surface area contributed by atoms with Gasteiger partial charge < -0.3 is 9.88 Å². The fourth-order valence-electron chi connectivity index (χ4n) is 2.10. The Bertz CT molecular complexity index is 705. The highest BCUT2D eigenvalue weighted by Gasteiger charge is 2.18. The zero-order valence-corrected chi connectivity index (χ0v) is 14.7. The highest BCUT2D eigenvalue weighted by atomic mass is 32.2. The highest BCUT2D eigenvalue weighted by molar-refractivity contribution is 8.00. The lowest BCUT2D eigenvalue weighted by atomic mass is 10.2. The van der Waals surface area contributed by atoms with E-state index in [1.807, 2.05) is 11.5 Å². The lowest BCUT2D eigenvalue weighted by molar-refractivity contribution is -0.115. The molecule has 2 rings (SSSR count). The van der Waals surface area contributed by atoms with Crippen molar-refractivity contribution in [1.29, 1.82) is 5.26 Å². The number of benzene rings is 1. The Kier molecular flexibility index (Phi) is 6.82. The first kappa shape index (κ1) is 18.0. The molecule has 0 radical (unpaired) electrons. The molecule has 0 aliphatic rings. The largest absolute Gasteiger partial charge is 0.325 e. The van der Waals surface area contributed by atoms with E-state index in [0.717, 1.165) is 31.0 Å². The van der Waals surface area contributed by atoms with Crippen LogP contribution >= 0.6 is 11.8 Å². The number of nitrogens with one attached hydrogen (secondary N) is 1. The van der Waals surface area contributed by atoms with Gasteiger partial charge in [-0.15, -0.1) is 10.2 Å². The number of nitriles is 1. The van der Waals surface area contributed by atoms with Crippen molar-refractivity contribution in [2.24, 2.45) is 0 Å². The molecule has 0 unspecified atom stereocenters. The van der Waals surface area contributed by atoms with Crippen LogP contribution in [0, 0.1) is 11.3 Å². The van der Waals surface area contributed by atoms with Crippen LogP contribution in [0.1, 0.15) is 38.7 Å². The quantitative estimate of drug-likeness (QED) is 0.586. The van der Waals surface area contributed by atoms with Crippen molar-refractivity contribution in [1.82, 2.24) is 14.8 Å². The van der Waals surface area contributed by atoms with Crippen LogP contribution in [-0.2, 0) is 11.3 Å². The second-order valence-corrected chi connectivity index (χ2v) is 6.76. The van der Waals surface area contributed by atoms with Crippen molar-refractivity contribution in [3.8, 4) is 6.07 Å². The lowest BCUT2D eigenvalue weighted by Crippen LogP contribution is -2.22. The van der Waals surface area contributed by atoms with Crippen molar-refractivity contribution >= 4 is 23.4 Å². The van der Waals surface area contributed by atoms with Crippen LogP contribution in [0.3, 0.4) is 0 Å². The van der Waals surface area contributed by atoms with E-state index in [1.165, 1.54) is 11.8 Å². The van der Waals surface area contributed by atoms with Crippen molar-refractivity contribution in [3.05, 3.63) is 36.2 Å². The summed E-state index contributed by atoms with van der Waals surface area (Å²) in [6.45, 7) is 4.87. The van der Waals surface area contributed by atoms with Crippen LogP contribution < -0.4 is 5.32 Å². The van der Waals surface area contributed by atoms with Gasteiger partial charge in [0.1, 0.15) is 6.33 Å². The molecule has 0 spiro atoms. The normalized spacial score (nSPS) is 11.7. The molecule has 0 fully saturated rings. The van der Waals surface area contributed by atoms with Gasteiger partial charge in [0, 0.05) is 12.2 Å². The Morgan fingerprint density at radius 3 is 2.79 bits per heavy atom. The Morgan fingerprint density at radius 1 is 1.38 bits per heavy atom. The number of aromatic nitrogens is 3. The van der Waals surface area contributed by atoms with Crippen molar-refractivity contribution in [3.63, 3.8) is 0 Å². The fourth-order valence-corrected chi connectivity index (χ4v) is 2.96. The number of hydrogen-bond donors (Lipinski definition) is 1. The second kappa shape index (κ2) is 9.08. The van der Waals surface area contributed by atoms with Gasteiger partial charge in [0.15, 0.2) is 5.16 Å². The summed E-state index contributed by atoms with van der Waals surface area (Å²) in [5.41, 5.74) is 1.24. The number of carbonyl (C=O) groups excluding carboxylic acids is 1. The van der Waals surface area contributed by atoms with E-state index in [0.29, 0.717) is 11.3 Å². The van der Waals surface area contributed by atoms with E-state index < -0.39 is 0 Å². The molecule has 126 valence electrons. The Balaban J connectivity index is 1.91. The molecule has 7 heteroatoms. The first-order valence-electron chi connectivity index (χ1n) is 7.99. The monoisotopic (exact) mass is 343 g/mol. The predicted molar refractivity (Wildman–Crippen MR) is 94.7 cm³/mol. The smallest absolute Gasteiger partial charge is 0.237 e. The summed E-state index contributed by atoms with van der Waals surface area (Å²) in [6.07, 6.45) is 5.11. The molecule has 2 aromatic rings. The fraction of sp³-hybridized carbons (Fsp3) is 0.412. The average Bonchev–Trinajstić information content (AvgIpc) is 3.03. The van der Waals surface area contributed by atoms with Gasteiger partial charge in [-0.25, -0.2) is 0 Å². The van der Waals surface area contributed by atoms with Gasteiger partial charge in [0.2, 0.25) is 5.91 Å². The summed E-state index contributed by atoms with van der Waals surface area (Å²) in [5.74, 6) is -0.104. The highest BCUT2D eigenvalue weighted by Crippen LogP contribution is 2.22. The molecule has 0 bridgehead atoms. The van der Waals surface area contributed by atoms with Gasteiger partial charge >= 0.3 is 0 Å². The molecule has 24 heavy (non-hydrogen) atoms. The zero-order valence-electron chi connectivity index (χ0n) is 13.9. The SMILES string of the molecule is CCCCCn1cnnc1S[C@H](C)C(=O)Nc1ccc(C#N)cc1. The average molecular weight is 343 g/mol. The Labute approximate surface area is 146 Å². The minimum atomic E-state index is -0.297. The van der Waals surface area contributed by atoms with Crippen LogP contribution in [0.2, 0.25) is 0 Å². The minimum Gasteiger partial charge on any atom is -0.325 e. The van der Waals surface area contributed by atoms with Crippen LogP contribution in [-0.4, -0.2) is 25.9 Å². The molecule has 1 heterocycles. The molecular formula is C17H21N5OS. The summed E-state index contributed by atoms with van der Waals surface area (Å²) < 4.78 is 1.99. The number of nitrogens with zero attached hydrogens (tertiary/aromatic N) is 4. The molecule has 1 aromatic heterocycles. The van der Waals surface area contributed by atoms with Gasteiger partial charge in [-0.3, -0.25) is 4.79 Å². The number of unbranched alkanes of at least 4 members (excludes halogenated alkanes) is 2. The first-order chi connectivity index (χ1) is 11.6. The van der Waals surface area contributed by atoms with Gasteiger partial charge in [0.25, 0.3) is 0 Å². The number of anilines is 1. The predicted octanol–water partition coefficient (Wildman–Crippen LogP) is 3.46. The Morgan fingerprint density at radius 2 is 2.12 bits per heavy atom. The van der Waals surface area contributed by atoms with Gasteiger partial charge in [0.05, 0.1) is 16.9 Å². The molecule has 1 amide bonds. The minimum absolute atomic E-state index is 0.104. The van der Waals surface area contributed by atoms with Crippen LogP contribution in [0.5, 0.6) is 0 Å². The maximum absolute atomic E-state index is 12.3. The first-order valence-corrected chi connectivity index (χ1v) is 8.87. The van der Waals surface area contributed by atoms with E-state index in [4.69, 9.17) is 5.26 Å². The van der Waals surface area contributed by atoms with E-state index in [1.54, 1.807) is 30.6 Å². The number of aryl methyl sites for hydroxylation is 1. The number of amides is 1. The number of thioether (sulfide) groups is 1. The third-order valence-corrected chi connectivity index (χ3v) is 4.61. The van der Waals surface area contributed by atoms with Crippen molar-refractivity contribution in [2.75, 3.05) is 5.32 Å². The summed E-state index contributed by atoms with van der Waals surface area (Å²) in [4.78, 5) is 12.3. The van der Waals surface area contributed by atoms with Crippen LogP contribution in [0.15, 0.2) is 35.7 Å².